The third-order valence-electron chi connectivity index (χ3n) is 2.66. The number of hydrogen-bond donors (Lipinski definition) is 0. The Labute approximate surface area is 106 Å². The van der Waals surface area contributed by atoms with Gasteiger partial charge < -0.3 is 23.7 Å². The lowest BCUT2D eigenvalue weighted by molar-refractivity contribution is -0.0355. The first-order valence-electron chi connectivity index (χ1n) is 5.45. The topological polar surface area (TPSA) is 46.2 Å². The molecule has 2 rings (SSSR count). The summed E-state index contributed by atoms with van der Waals surface area (Å²) in [5.74, 6) is 2.40. The van der Waals surface area contributed by atoms with Gasteiger partial charge in [-0.25, -0.2) is 0 Å². The normalized spacial score (nSPS) is 18.4. The first-order valence-corrected chi connectivity index (χ1v) is 5.45. The van der Waals surface area contributed by atoms with Gasteiger partial charge in [-0.05, 0) is 6.07 Å². The van der Waals surface area contributed by atoms with Gasteiger partial charge in [0.2, 0.25) is 6.29 Å². The van der Waals surface area contributed by atoms with E-state index in [-0.39, 0.29) is 0 Å². The maximum Gasteiger partial charge on any atom is 0.230 e. The van der Waals surface area contributed by atoms with Gasteiger partial charge in [-0.2, -0.15) is 0 Å². The molecule has 18 heavy (non-hydrogen) atoms. The van der Waals surface area contributed by atoms with Crippen LogP contribution in [0.1, 0.15) is 11.9 Å². The fourth-order valence-corrected chi connectivity index (χ4v) is 1.78. The minimum Gasteiger partial charge on any atom is -0.496 e. The lowest BCUT2D eigenvalue weighted by atomic mass is 10.1. The molecule has 1 aliphatic heterocycles. The van der Waals surface area contributed by atoms with E-state index in [4.69, 9.17) is 23.7 Å². The van der Waals surface area contributed by atoms with E-state index in [2.05, 4.69) is 6.58 Å². The molecular weight excluding hydrogens is 236 g/mol. The number of benzene rings is 1. The first kappa shape index (κ1) is 12.6. The summed E-state index contributed by atoms with van der Waals surface area (Å²) in [5, 5.41) is 0. The van der Waals surface area contributed by atoms with Crippen LogP contribution < -0.4 is 14.2 Å². The van der Waals surface area contributed by atoms with Gasteiger partial charge in [0.05, 0.1) is 26.9 Å². The lowest BCUT2D eigenvalue weighted by Gasteiger charge is -2.17. The van der Waals surface area contributed by atoms with Crippen molar-refractivity contribution >= 4 is 0 Å². The molecule has 0 aliphatic carbocycles. The number of methoxy groups -OCH3 is 3. The molecule has 5 nitrogen and oxygen atoms in total. The van der Waals surface area contributed by atoms with Crippen LogP contribution in [0.2, 0.25) is 0 Å². The van der Waals surface area contributed by atoms with Crippen molar-refractivity contribution < 1.29 is 23.7 Å². The molecule has 0 radical (unpaired) electrons. The molecule has 1 aromatic carbocycles. The van der Waals surface area contributed by atoms with Crippen molar-refractivity contribution in [2.45, 2.75) is 6.29 Å². The second kappa shape index (κ2) is 5.18. The molecule has 0 bridgehead atoms. The minimum atomic E-state index is -0.521. The molecule has 98 valence electrons. The Balaban J connectivity index is 2.41. The molecule has 0 aromatic heterocycles. The summed E-state index contributed by atoms with van der Waals surface area (Å²) in [6.07, 6.45) is -0.521. The molecule has 1 aromatic rings. The molecule has 1 aliphatic rings. The molecule has 0 spiro atoms. The molecule has 1 heterocycles. The van der Waals surface area contributed by atoms with Crippen LogP contribution in [0.25, 0.3) is 0 Å². The minimum absolute atomic E-state index is 0.377. The zero-order valence-electron chi connectivity index (χ0n) is 10.7. The van der Waals surface area contributed by atoms with Crippen molar-refractivity contribution in [3.05, 3.63) is 30.0 Å². The molecule has 0 N–H and O–H groups in total. The summed E-state index contributed by atoms with van der Waals surface area (Å²) in [4.78, 5) is 0. The highest BCUT2D eigenvalue weighted by Crippen LogP contribution is 2.41. The lowest BCUT2D eigenvalue weighted by Crippen LogP contribution is -2.03. The van der Waals surface area contributed by atoms with Gasteiger partial charge in [-0.15, -0.1) is 0 Å². The molecule has 1 unspecified atom stereocenters. The van der Waals surface area contributed by atoms with Crippen molar-refractivity contribution in [1.82, 2.24) is 0 Å². The van der Waals surface area contributed by atoms with Crippen LogP contribution in [0, 0.1) is 0 Å². The van der Waals surface area contributed by atoms with Crippen molar-refractivity contribution in [2.24, 2.45) is 0 Å². The van der Waals surface area contributed by atoms with Crippen LogP contribution in [0.4, 0.5) is 0 Å². The first-order chi connectivity index (χ1) is 8.69. The maximum absolute atomic E-state index is 5.47. The summed E-state index contributed by atoms with van der Waals surface area (Å²) >= 11 is 0. The van der Waals surface area contributed by atoms with E-state index in [0.29, 0.717) is 29.6 Å². The van der Waals surface area contributed by atoms with Crippen LogP contribution in [-0.2, 0) is 9.47 Å². The smallest absolute Gasteiger partial charge is 0.230 e. The molecule has 1 atom stereocenters. The van der Waals surface area contributed by atoms with Crippen LogP contribution in [0.15, 0.2) is 24.5 Å². The summed E-state index contributed by atoms with van der Waals surface area (Å²) in [6.45, 7) is 4.09. The summed E-state index contributed by atoms with van der Waals surface area (Å²) in [7, 11) is 4.72. The van der Waals surface area contributed by atoms with Crippen LogP contribution >= 0.6 is 0 Å². The highest BCUT2D eigenvalue weighted by atomic mass is 16.7. The van der Waals surface area contributed by atoms with Gasteiger partial charge in [0.25, 0.3) is 0 Å². The van der Waals surface area contributed by atoms with E-state index in [1.54, 1.807) is 33.5 Å². The zero-order valence-corrected chi connectivity index (χ0v) is 10.7. The van der Waals surface area contributed by atoms with Crippen molar-refractivity contribution in [1.29, 1.82) is 0 Å². The second-order valence-corrected chi connectivity index (χ2v) is 3.75. The summed E-state index contributed by atoms with van der Waals surface area (Å²) in [5.41, 5.74) is 0.744. The predicted molar refractivity (Wildman–Crippen MR) is 65.0 cm³/mol. The Hall–Kier alpha value is -1.88. The number of ether oxygens (including phenoxy) is 5. The fraction of sp³-hybridized carbons (Fsp3) is 0.385. The Bertz CT molecular complexity index is 455. The Kier molecular flexibility index (Phi) is 3.62. The fourth-order valence-electron chi connectivity index (χ4n) is 1.78. The van der Waals surface area contributed by atoms with Crippen molar-refractivity contribution in [3.63, 3.8) is 0 Å². The Morgan fingerprint density at radius 3 is 2.17 bits per heavy atom. The highest BCUT2D eigenvalue weighted by molar-refractivity contribution is 5.51. The van der Waals surface area contributed by atoms with Gasteiger partial charge in [-0.3, -0.25) is 0 Å². The third-order valence-corrected chi connectivity index (χ3v) is 2.66. The molecule has 0 amide bonds. The van der Waals surface area contributed by atoms with Gasteiger partial charge in [-0.1, -0.05) is 6.58 Å². The van der Waals surface area contributed by atoms with E-state index in [1.807, 2.05) is 0 Å². The van der Waals surface area contributed by atoms with Crippen LogP contribution in [0.3, 0.4) is 0 Å². The third kappa shape index (κ3) is 2.22. The van der Waals surface area contributed by atoms with Crippen molar-refractivity contribution in [3.8, 4) is 17.2 Å². The van der Waals surface area contributed by atoms with Crippen LogP contribution in [-0.4, -0.2) is 27.9 Å². The predicted octanol–water partition coefficient (Wildman–Crippen LogP) is 2.27. The standard InChI is InChI=1S/C13H16O5/c1-8-7-17-13(18-8)9-5-11(15-3)12(16-4)6-10(9)14-2/h5-6,13H,1,7H2,2-4H3. The maximum atomic E-state index is 5.47. The van der Waals surface area contributed by atoms with E-state index in [9.17, 15) is 0 Å². The Morgan fingerprint density at radius 2 is 1.67 bits per heavy atom. The molecule has 5 heteroatoms. The monoisotopic (exact) mass is 252 g/mol. The van der Waals surface area contributed by atoms with Gasteiger partial charge in [0.15, 0.2) is 11.5 Å². The zero-order chi connectivity index (χ0) is 13.1. The summed E-state index contributed by atoms with van der Waals surface area (Å²) in [6, 6.07) is 3.52. The average molecular weight is 252 g/mol. The van der Waals surface area contributed by atoms with Gasteiger partial charge in [0.1, 0.15) is 18.1 Å². The molecule has 1 fully saturated rings. The van der Waals surface area contributed by atoms with Crippen LogP contribution in [0.5, 0.6) is 17.2 Å². The quantitative estimate of drug-likeness (QED) is 0.822. The molecule has 0 saturated carbocycles. The average Bonchev–Trinajstić information content (AvgIpc) is 2.83. The molecule has 1 saturated heterocycles. The van der Waals surface area contributed by atoms with Crippen molar-refractivity contribution in [2.75, 3.05) is 27.9 Å². The number of hydrogen-bond acceptors (Lipinski definition) is 5. The van der Waals surface area contributed by atoms with E-state index in [0.717, 1.165) is 5.56 Å². The van der Waals surface area contributed by atoms with Gasteiger partial charge >= 0.3 is 0 Å². The van der Waals surface area contributed by atoms with Gasteiger partial charge in [0, 0.05) is 6.07 Å². The number of rotatable bonds is 4. The summed E-state index contributed by atoms with van der Waals surface area (Å²) < 4.78 is 26.7. The van der Waals surface area contributed by atoms with E-state index in [1.165, 1.54) is 0 Å². The van der Waals surface area contributed by atoms with E-state index < -0.39 is 6.29 Å². The largest absolute Gasteiger partial charge is 0.496 e. The van der Waals surface area contributed by atoms with E-state index >= 15 is 0 Å². The molecular formula is C13H16O5. The Morgan fingerprint density at radius 1 is 1.06 bits per heavy atom. The SMILES string of the molecule is C=C1COC(c2cc(OC)c(OC)cc2OC)O1. The highest BCUT2D eigenvalue weighted by Gasteiger charge is 2.27. The second-order valence-electron chi connectivity index (χ2n) is 3.75.